The van der Waals surface area contributed by atoms with Crippen LogP contribution in [0.3, 0.4) is 0 Å². The summed E-state index contributed by atoms with van der Waals surface area (Å²) in [5.41, 5.74) is 5.29. The summed E-state index contributed by atoms with van der Waals surface area (Å²) in [6.07, 6.45) is 8.64. The first-order chi connectivity index (χ1) is 17.5. The molecule has 4 heteroatoms. The Labute approximate surface area is 220 Å². The van der Waals surface area contributed by atoms with Gasteiger partial charge in [0.2, 0.25) is 0 Å². The number of carbonyl (C=O) groups excluding carboxylic acids is 1. The van der Waals surface area contributed by atoms with Crippen molar-refractivity contribution in [2.24, 2.45) is 0 Å². The molecule has 1 aliphatic heterocycles. The Hall–Kier alpha value is -3.27. The highest BCUT2D eigenvalue weighted by Gasteiger charge is 2.32. The highest BCUT2D eigenvalue weighted by molar-refractivity contribution is 5.98. The van der Waals surface area contributed by atoms with E-state index in [4.69, 9.17) is 4.74 Å². The molecule has 1 atom stereocenters. The van der Waals surface area contributed by atoms with Gasteiger partial charge < -0.3 is 14.5 Å². The Morgan fingerprint density at radius 3 is 2.08 bits per heavy atom. The van der Waals surface area contributed by atoms with Gasteiger partial charge in [0.05, 0.1) is 6.04 Å². The van der Waals surface area contributed by atoms with E-state index in [-0.39, 0.29) is 11.9 Å². The number of carbonyl (C=O) groups is 1. The van der Waals surface area contributed by atoms with Gasteiger partial charge in [0, 0.05) is 31.9 Å². The summed E-state index contributed by atoms with van der Waals surface area (Å²) < 4.78 is 6.16. The Kier molecular flexibility index (Phi) is 14.0. The van der Waals surface area contributed by atoms with Crippen LogP contribution < -0.4 is 9.64 Å². The van der Waals surface area contributed by atoms with Crippen molar-refractivity contribution in [3.05, 3.63) is 95.1 Å². The number of ether oxygens (including phenoxy) is 1. The number of hydrogen-bond acceptors (Lipinski definition) is 3. The summed E-state index contributed by atoms with van der Waals surface area (Å²) in [5.74, 6) is 0.862. The minimum absolute atomic E-state index is 0.0374. The molecule has 1 amide bonds. The third-order valence-electron chi connectivity index (χ3n) is 5.90. The molecule has 0 saturated carbocycles. The largest absolute Gasteiger partial charge is 0.491 e. The van der Waals surface area contributed by atoms with E-state index in [0.29, 0.717) is 13.2 Å². The van der Waals surface area contributed by atoms with Crippen molar-refractivity contribution < 1.29 is 9.53 Å². The number of hydrogen-bond donors (Lipinski definition) is 0. The van der Waals surface area contributed by atoms with Crippen LogP contribution in [0.4, 0.5) is 5.69 Å². The van der Waals surface area contributed by atoms with Gasteiger partial charge in [0.25, 0.3) is 5.91 Å². The van der Waals surface area contributed by atoms with E-state index >= 15 is 0 Å². The maximum absolute atomic E-state index is 13.7. The first-order valence-electron chi connectivity index (χ1n) is 13.2. The van der Waals surface area contributed by atoms with Crippen molar-refractivity contribution in [3.8, 4) is 5.75 Å². The van der Waals surface area contributed by atoms with Gasteiger partial charge in [-0.25, -0.2) is 0 Å². The monoisotopic (exact) mass is 490 g/mol. The van der Waals surface area contributed by atoms with Crippen molar-refractivity contribution >= 4 is 11.6 Å². The quantitative estimate of drug-likeness (QED) is 0.296. The molecule has 3 rings (SSSR count). The minimum Gasteiger partial charge on any atom is -0.491 e. The van der Waals surface area contributed by atoms with E-state index in [9.17, 15) is 4.79 Å². The van der Waals surface area contributed by atoms with Gasteiger partial charge in [0.1, 0.15) is 12.4 Å². The summed E-state index contributed by atoms with van der Waals surface area (Å²) in [6, 6.07) is 16.4. The maximum atomic E-state index is 13.7. The van der Waals surface area contributed by atoms with Crippen molar-refractivity contribution in [2.75, 3.05) is 25.6 Å². The number of nitrogens with zero attached hydrogens (tertiary/aromatic N) is 2. The van der Waals surface area contributed by atoms with Crippen molar-refractivity contribution in [1.29, 1.82) is 0 Å². The molecule has 0 saturated heterocycles. The number of fused-ring (bicyclic) bond motifs is 1. The fraction of sp³-hybridized carbons (Fsp3) is 0.406. The van der Waals surface area contributed by atoms with Crippen LogP contribution in [-0.2, 0) is 17.8 Å². The van der Waals surface area contributed by atoms with Gasteiger partial charge in [0.15, 0.2) is 0 Å². The van der Waals surface area contributed by atoms with Crippen LogP contribution in [0, 0.1) is 0 Å². The van der Waals surface area contributed by atoms with Crippen molar-refractivity contribution in [1.82, 2.24) is 4.90 Å². The third kappa shape index (κ3) is 8.15. The van der Waals surface area contributed by atoms with Gasteiger partial charge in [-0.05, 0) is 68.2 Å². The first-order valence-corrected chi connectivity index (χ1v) is 13.2. The van der Waals surface area contributed by atoms with Gasteiger partial charge in [-0.1, -0.05) is 76.3 Å². The van der Waals surface area contributed by atoms with Crippen LogP contribution in [0.1, 0.15) is 59.6 Å². The summed E-state index contributed by atoms with van der Waals surface area (Å²) in [7, 11) is 4.04. The number of rotatable bonds is 7. The van der Waals surface area contributed by atoms with Gasteiger partial charge in [-0.3, -0.25) is 4.79 Å². The zero-order valence-corrected chi connectivity index (χ0v) is 23.8. The van der Waals surface area contributed by atoms with E-state index in [1.165, 1.54) is 11.1 Å². The Morgan fingerprint density at radius 2 is 1.56 bits per heavy atom. The van der Waals surface area contributed by atoms with E-state index in [1.54, 1.807) is 0 Å². The smallest absolute Gasteiger partial charge is 0.254 e. The second-order valence-electron chi connectivity index (χ2n) is 8.21. The predicted octanol–water partition coefficient (Wildman–Crippen LogP) is 7.61. The van der Waals surface area contributed by atoms with Crippen LogP contribution >= 0.6 is 0 Å². The zero-order chi connectivity index (χ0) is 27.1. The van der Waals surface area contributed by atoms with Crippen LogP contribution in [0.15, 0.2) is 84.0 Å². The lowest BCUT2D eigenvalue weighted by molar-refractivity contribution is -0.131. The fourth-order valence-corrected chi connectivity index (χ4v) is 4.10. The summed E-state index contributed by atoms with van der Waals surface area (Å²) in [5, 5.41) is 0. The van der Waals surface area contributed by atoms with Gasteiger partial charge in [-0.15, -0.1) is 0 Å². The molecule has 0 aliphatic carbocycles. The zero-order valence-electron chi connectivity index (χ0n) is 23.8. The molecule has 0 N–H and O–H groups in total. The molecular weight excluding hydrogens is 444 g/mol. The molecule has 2 aromatic rings. The van der Waals surface area contributed by atoms with Crippen molar-refractivity contribution in [2.45, 2.75) is 67.5 Å². The molecule has 0 bridgehead atoms. The normalized spacial score (nSPS) is 15.2. The Balaban J connectivity index is 0.00000154. The molecule has 0 radical (unpaired) electrons. The second-order valence-corrected chi connectivity index (χ2v) is 8.21. The molecule has 0 aromatic heterocycles. The number of allylic oxidation sites excluding steroid dienone is 4. The molecule has 0 fully saturated rings. The molecular formula is C32H46N2O2. The standard InChI is InChI=1S/C28H34N2O2.2C2H6/c1-6-11-21(7-2)27(8-3)28(31)30-19-23-13-10-9-12-22(23)18-25(30)20-32-26-16-14-24(15-17-26)29(4)5;2*1-2/h6-17,25H,18-20H2,1-5H3;2*1-2H3/b11-6-,21-7+,27-8+;;/t25-;;/m0../s1. The highest BCUT2D eigenvalue weighted by Crippen LogP contribution is 2.28. The average molecular weight is 491 g/mol. The second kappa shape index (κ2) is 16.4. The molecule has 196 valence electrons. The lowest BCUT2D eigenvalue weighted by Crippen LogP contribution is -2.48. The number of amides is 1. The molecule has 2 aromatic carbocycles. The van der Waals surface area contributed by atoms with Crippen LogP contribution in [0.5, 0.6) is 5.75 Å². The third-order valence-corrected chi connectivity index (χ3v) is 5.90. The van der Waals surface area contributed by atoms with Crippen molar-refractivity contribution in [3.63, 3.8) is 0 Å². The number of benzene rings is 2. The first kappa shape index (κ1) is 30.8. The molecule has 1 heterocycles. The maximum Gasteiger partial charge on any atom is 0.254 e. The van der Waals surface area contributed by atoms with Crippen LogP contribution in [-0.4, -0.2) is 37.6 Å². The van der Waals surface area contributed by atoms with Crippen LogP contribution in [0.25, 0.3) is 0 Å². The van der Waals surface area contributed by atoms with Gasteiger partial charge >= 0.3 is 0 Å². The summed E-state index contributed by atoms with van der Waals surface area (Å²) >= 11 is 0. The van der Waals surface area contributed by atoms with E-state index in [2.05, 4.69) is 23.1 Å². The number of anilines is 1. The lowest BCUT2D eigenvalue weighted by atomic mass is 9.92. The average Bonchev–Trinajstić information content (AvgIpc) is 2.93. The van der Waals surface area contributed by atoms with Crippen LogP contribution in [0.2, 0.25) is 0 Å². The van der Waals surface area contributed by atoms with E-state index in [0.717, 1.165) is 29.0 Å². The summed E-state index contributed by atoms with van der Waals surface area (Å²) in [6.45, 7) is 14.9. The summed E-state index contributed by atoms with van der Waals surface area (Å²) in [4.78, 5) is 17.7. The lowest BCUT2D eigenvalue weighted by Gasteiger charge is -2.37. The molecule has 0 unspecified atom stereocenters. The molecule has 36 heavy (non-hydrogen) atoms. The van der Waals surface area contributed by atoms with E-state index in [1.807, 2.05) is 122 Å². The molecule has 4 nitrogen and oxygen atoms in total. The van der Waals surface area contributed by atoms with E-state index < -0.39 is 0 Å². The highest BCUT2D eigenvalue weighted by atomic mass is 16.5. The topological polar surface area (TPSA) is 32.8 Å². The molecule has 0 spiro atoms. The Morgan fingerprint density at radius 1 is 0.944 bits per heavy atom. The Bertz CT molecular complexity index is 1020. The SMILES string of the molecule is CC.CC.C\C=C/C(=C\C)C(=C\C)/C(=O)N1Cc2ccccc2C[C@H]1COc1ccc(N(C)C)cc1. The van der Waals surface area contributed by atoms with Gasteiger partial charge in [-0.2, -0.15) is 0 Å². The minimum atomic E-state index is -0.0374. The molecule has 1 aliphatic rings. The fourth-order valence-electron chi connectivity index (χ4n) is 4.10. The predicted molar refractivity (Wildman–Crippen MR) is 156 cm³/mol.